The number of hydrogen-bond acceptors (Lipinski definition) is 7. The maximum Gasteiger partial charge on any atom is 0.240 e. The van der Waals surface area contributed by atoms with Gasteiger partial charge in [-0.1, -0.05) is 17.3 Å². The number of methoxy groups -OCH3 is 2. The van der Waals surface area contributed by atoms with Crippen LogP contribution in [0.25, 0.3) is 0 Å². The molecule has 0 aliphatic carbocycles. The molecule has 2 heterocycles. The Morgan fingerprint density at radius 1 is 1.38 bits per heavy atom. The number of hydrogen-bond donors (Lipinski definition) is 1. The summed E-state index contributed by atoms with van der Waals surface area (Å²) in [6.45, 7) is 1.66. The molecule has 130 valence electrons. The monoisotopic (exact) mass is 333 g/mol. The van der Waals surface area contributed by atoms with Crippen LogP contribution in [0, 0.1) is 0 Å². The largest absolute Gasteiger partial charge is 0.497 e. The normalized spacial score (nSPS) is 21.3. The Labute approximate surface area is 141 Å². The lowest BCUT2D eigenvalue weighted by atomic mass is 10.0. The Hall–Kier alpha value is -1.96. The summed E-state index contributed by atoms with van der Waals surface area (Å²) in [5.74, 6) is 2.01. The summed E-state index contributed by atoms with van der Waals surface area (Å²) in [5.41, 5.74) is 1.12. The maximum atomic E-state index is 10.1. The quantitative estimate of drug-likeness (QED) is 0.824. The molecule has 0 amide bonds. The van der Waals surface area contributed by atoms with Crippen molar-refractivity contribution >= 4 is 0 Å². The van der Waals surface area contributed by atoms with E-state index in [9.17, 15) is 5.11 Å². The minimum Gasteiger partial charge on any atom is -0.497 e. The second kappa shape index (κ2) is 7.74. The van der Waals surface area contributed by atoms with Gasteiger partial charge in [0.25, 0.3) is 0 Å². The molecule has 0 spiro atoms. The number of benzene rings is 1. The van der Waals surface area contributed by atoms with Crippen LogP contribution in [0.4, 0.5) is 0 Å². The van der Waals surface area contributed by atoms with Crippen LogP contribution in [0.3, 0.4) is 0 Å². The molecule has 1 aliphatic rings. The van der Waals surface area contributed by atoms with Crippen LogP contribution < -0.4 is 4.74 Å². The van der Waals surface area contributed by atoms with Gasteiger partial charge in [0, 0.05) is 26.1 Å². The third-order valence-electron chi connectivity index (χ3n) is 4.24. The lowest BCUT2D eigenvalue weighted by molar-refractivity contribution is 0.164. The van der Waals surface area contributed by atoms with Gasteiger partial charge in [-0.2, -0.15) is 4.98 Å². The first-order chi connectivity index (χ1) is 11.7. The third kappa shape index (κ3) is 3.92. The van der Waals surface area contributed by atoms with E-state index in [4.69, 9.17) is 14.0 Å². The molecule has 0 saturated carbocycles. The minimum atomic E-state index is -0.364. The summed E-state index contributed by atoms with van der Waals surface area (Å²) < 4.78 is 15.6. The molecule has 1 aromatic heterocycles. The first kappa shape index (κ1) is 16.9. The lowest BCUT2D eigenvalue weighted by Gasteiger charge is -2.23. The Bertz CT molecular complexity index is 661. The number of rotatable bonds is 7. The summed E-state index contributed by atoms with van der Waals surface area (Å²) >= 11 is 0. The van der Waals surface area contributed by atoms with Crippen LogP contribution in [0.15, 0.2) is 28.8 Å². The Balaban J connectivity index is 1.72. The van der Waals surface area contributed by atoms with Crippen LogP contribution in [0.2, 0.25) is 0 Å². The van der Waals surface area contributed by atoms with E-state index >= 15 is 0 Å². The van der Waals surface area contributed by atoms with E-state index in [0.717, 1.165) is 11.3 Å². The molecule has 2 aromatic rings. The van der Waals surface area contributed by atoms with Crippen LogP contribution in [0.5, 0.6) is 5.75 Å². The van der Waals surface area contributed by atoms with Gasteiger partial charge in [0.1, 0.15) is 5.75 Å². The number of β-amino-alcohol motifs (C(OH)–C–C–N with tert-alkyl or cyclic N) is 1. The SMILES string of the molecule is COCCc1noc(CN2C[C@@H](O)C[C@H]2c2cccc(OC)c2)n1. The highest BCUT2D eigenvalue weighted by Crippen LogP contribution is 2.34. The first-order valence-electron chi connectivity index (χ1n) is 8.06. The van der Waals surface area contributed by atoms with Crippen LogP contribution >= 0.6 is 0 Å². The summed E-state index contributed by atoms with van der Waals surface area (Å²) in [6.07, 6.45) is 0.942. The highest BCUT2D eigenvalue weighted by atomic mass is 16.5. The summed E-state index contributed by atoms with van der Waals surface area (Å²) in [5, 5.41) is 14.1. The second-order valence-electron chi connectivity index (χ2n) is 5.96. The Morgan fingerprint density at radius 3 is 3.04 bits per heavy atom. The van der Waals surface area contributed by atoms with E-state index in [1.165, 1.54) is 0 Å². The van der Waals surface area contributed by atoms with Gasteiger partial charge in [-0.05, 0) is 24.1 Å². The molecule has 0 unspecified atom stereocenters. The van der Waals surface area contributed by atoms with E-state index < -0.39 is 0 Å². The fourth-order valence-corrected chi connectivity index (χ4v) is 3.07. The summed E-state index contributed by atoms with van der Waals surface area (Å²) in [6, 6.07) is 8.04. The average molecular weight is 333 g/mol. The summed E-state index contributed by atoms with van der Waals surface area (Å²) in [4.78, 5) is 6.55. The Morgan fingerprint density at radius 2 is 2.25 bits per heavy atom. The van der Waals surface area contributed by atoms with Gasteiger partial charge in [0.05, 0.1) is 26.4 Å². The van der Waals surface area contributed by atoms with Gasteiger partial charge >= 0.3 is 0 Å². The number of ether oxygens (including phenoxy) is 2. The highest BCUT2D eigenvalue weighted by Gasteiger charge is 2.33. The van der Waals surface area contributed by atoms with Gasteiger partial charge in [-0.25, -0.2) is 0 Å². The zero-order chi connectivity index (χ0) is 16.9. The van der Waals surface area contributed by atoms with Crippen molar-refractivity contribution in [2.45, 2.75) is 31.5 Å². The van der Waals surface area contributed by atoms with Gasteiger partial charge in [0.2, 0.25) is 5.89 Å². The molecule has 1 fully saturated rings. The molecule has 0 radical (unpaired) electrons. The van der Waals surface area contributed by atoms with Crippen molar-refractivity contribution in [3.05, 3.63) is 41.5 Å². The fourth-order valence-electron chi connectivity index (χ4n) is 3.07. The van der Waals surface area contributed by atoms with Crippen molar-refractivity contribution in [1.82, 2.24) is 15.0 Å². The van der Waals surface area contributed by atoms with E-state index in [2.05, 4.69) is 21.1 Å². The number of nitrogens with zero attached hydrogens (tertiary/aromatic N) is 3. The molecule has 7 heteroatoms. The van der Waals surface area contributed by atoms with Crippen molar-refractivity contribution < 1.29 is 19.1 Å². The molecular formula is C17H23N3O4. The average Bonchev–Trinajstić information content (AvgIpc) is 3.19. The molecule has 1 aliphatic heterocycles. The fraction of sp³-hybridized carbons (Fsp3) is 0.529. The van der Waals surface area contributed by atoms with Crippen molar-refractivity contribution in [1.29, 1.82) is 0 Å². The van der Waals surface area contributed by atoms with Crippen molar-refractivity contribution in [2.75, 3.05) is 27.4 Å². The molecule has 2 atom stereocenters. The zero-order valence-corrected chi connectivity index (χ0v) is 14.0. The van der Waals surface area contributed by atoms with Crippen molar-refractivity contribution in [2.24, 2.45) is 0 Å². The smallest absolute Gasteiger partial charge is 0.240 e. The maximum absolute atomic E-state index is 10.1. The first-order valence-corrected chi connectivity index (χ1v) is 8.06. The molecule has 0 bridgehead atoms. The summed E-state index contributed by atoms with van der Waals surface area (Å²) in [7, 11) is 3.30. The van der Waals surface area contributed by atoms with Crippen molar-refractivity contribution in [3.63, 3.8) is 0 Å². The Kier molecular flexibility index (Phi) is 5.44. The predicted octanol–water partition coefficient (Wildman–Crippen LogP) is 1.58. The van der Waals surface area contributed by atoms with E-state index in [0.29, 0.717) is 44.3 Å². The van der Waals surface area contributed by atoms with Gasteiger partial charge in [0.15, 0.2) is 5.82 Å². The molecule has 1 N–H and O–H groups in total. The van der Waals surface area contributed by atoms with E-state index in [1.54, 1.807) is 14.2 Å². The lowest BCUT2D eigenvalue weighted by Crippen LogP contribution is -2.24. The zero-order valence-electron chi connectivity index (χ0n) is 14.0. The van der Waals surface area contributed by atoms with E-state index in [1.807, 2.05) is 18.2 Å². The van der Waals surface area contributed by atoms with E-state index in [-0.39, 0.29) is 12.1 Å². The molecule has 1 saturated heterocycles. The van der Waals surface area contributed by atoms with Crippen LogP contribution in [-0.2, 0) is 17.7 Å². The number of aromatic nitrogens is 2. The molecule has 1 aromatic carbocycles. The molecule has 3 rings (SSSR count). The van der Waals surface area contributed by atoms with Crippen molar-refractivity contribution in [3.8, 4) is 5.75 Å². The van der Waals surface area contributed by atoms with Gasteiger partial charge in [-0.3, -0.25) is 4.90 Å². The number of aliphatic hydroxyl groups excluding tert-OH is 1. The third-order valence-corrected chi connectivity index (χ3v) is 4.24. The predicted molar refractivity (Wildman–Crippen MR) is 86.6 cm³/mol. The molecule has 24 heavy (non-hydrogen) atoms. The standard InChI is InChI=1S/C17H23N3O4/c1-22-7-6-16-18-17(24-19-16)11-20-10-13(21)9-15(20)12-4-3-5-14(8-12)23-2/h3-5,8,13,15,21H,6-7,9-11H2,1-2H3/t13-,15-/m0/s1. The topological polar surface area (TPSA) is 80.9 Å². The number of aliphatic hydroxyl groups is 1. The molecular weight excluding hydrogens is 310 g/mol. The van der Waals surface area contributed by atoms with Gasteiger partial charge < -0.3 is 19.1 Å². The van der Waals surface area contributed by atoms with Crippen LogP contribution in [-0.4, -0.2) is 53.6 Å². The number of likely N-dealkylation sites (tertiary alicyclic amines) is 1. The van der Waals surface area contributed by atoms with Gasteiger partial charge in [-0.15, -0.1) is 0 Å². The second-order valence-corrected chi connectivity index (χ2v) is 5.96. The minimum absolute atomic E-state index is 0.101. The molecule has 7 nitrogen and oxygen atoms in total. The highest BCUT2D eigenvalue weighted by molar-refractivity contribution is 5.31. The van der Waals surface area contributed by atoms with Crippen LogP contribution in [0.1, 0.15) is 29.7 Å².